The second-order valence-corrected chi connectivity index (χ2v) is 7.58. The van der Waals surface area contributed by atoms with Crippen molar-refractivity contribution in [3.05, 3.63) is 42.2 Å². The first kappa shape index (κ1) is 15.8. The molecule has 0 radical (unpaired) electrons. The minimum absolute atomic E-state index is 0.0749. The summed E-state index contributed by atoms with van der Waals surface area (Å²) in [6.07, 6.45) is 7.06. The molecule has 2 heterocycles. The van der Waals surface area contributed by atoms with E-state index in [1.165, 1.54) is 6.07 Å². The fourth-order valence-corrected chi connectivity index (χ4v) is 4.49. The monoisotopic (exact) mass is 328 g/mol. The van der Waals surface area contributed by atoms with Crippen molar-refractivity contribution in [2.75, 3.05) is 31.1 Å². The van der Waals surface area contributed by atoms with Crippen LogP contribution >= 0.6 is 0 Å². The van der Waals surface area contributed by atoms with Crippen LogP contribution in [0.15, 0.2) is 30.9 Å². The molecule has 3 aliphatic rings. The van der Waals surface area contributed by atoms with Crippen LogP contribution in [0.4, 0.5) is 10.1 Å². The highest BCUT2D eigenvalue weighted by Crippen LogP contribution is 2.48. The third kappa shape index (κ3) is 2.48. The van der Waals surface area contributed by atoms with Crippen molar-refractivity contribution in [1.82, 2.24) is 4.90 Å². The van der Waals surface area contributed by atoms with Gasteiger partial charge in [-0.1, -0.05) is 12.5 Å². The molecule has 24 heavy (non-hydrogen) atoms. The summed E-state index contributed by atoms with van der Waals surface area (Å²) in [7, 11) is 0. The van der Waals surface area contributed by atoms with Crippen molar-refractivity contribution in [3.8, 4) is 0 Å². The number of rotatable bonds is 3. The number of halogens is 1. The molecule has 4 heteroatoms. The molecular formula is C20H25FN2O. The molecule has 3 nitrogen and oxygen atoms in total. The van der Waals surface area contributed by atoms with Gasteiger partial charge in [-0.25, -0.2) is 4.39 Å². The van der Waals surface area contributed by atoms with Gasteiger partial charge < -0.3 is 4.90 Å². The molecule has 1 amide bonds. The van der Waals surface area contributed by atoms with Crippen LogP contribution in [0.1, 0.15) is 37.7 Å². The lowest BCUT2D eigenvalue weighted by molar-refractivity contribution is -0.124. The Hall–Kier alpha value is -1.68. The van der Waals surface area contributed by atoms with E-state index >= 15 is 0 Å². The molecule has 0 N–H and O–H groups in total. The molecule has 1 saturated carbocycles. The summed E-state index contributed by atoms with van der Waals surface area (Å²) >= 11 is 0. The maximum absolute atomic E-state index is 13.9. The van der Waals surface area contributed by atoms with E-state index in [0.717, 1.165) is 69.5 Å². The number of fused-ring (bicyclic) bond motifs is 2. The number of piperidine rings is 1. The summed E-state index contributed by atoms with van der Waals surface area (Å²) in [5.41, 5.74) is 1.92. The Bertz CT molecular complexity index is 660. The topological polar surface area (TPSA) is 23.6 Å². The molecule has 4 rings (SSSR count). The van der Waals surface area contributed by atoms with Gasteiger partial charge in [0.15, 0.2) is 0 Å². The van der Waals surface area contributed by atoms with Crippen LogP contribution in [0.5, 0.6) is 0 Å². The van der Waals surface area contributed by atoms with Crippen LogP contribution in [0.25, 0.3) is 0 Å². The van der Waals surface area contributed by atoms with Crippen molar-refractivity contribution in [2.24, 2.45) is 5.92 Å². The standard InChI is InChI=1S/C20H25FN2O/c1-2-10-22-11-8-20(9-12-22)14-23(19(24)15-4-3-5-15)18-7-6-16(21)13-17(18)20/h2,6-7,13,15H,1,3-5,8-12,14H2. The van der Waals surface area contributed by atoms with Gasteiger partial charge in [-0.15, -0.1) is 6.58 Å². The molecule has 2 fully saturated rings. The Labute approximate surface area is 143 Å². The number of hydrogen-bond acceptors (Lipinski definition) is 2. The van der Waals surface area contributed by atoms with Gasteiger partial charge in [-0.05, 0) is 62.5 Å². The van der Waals surface area contributed by atoms with Gasteiger partial charge in [-0.3, -0.25) is 9.69 Å². The molecule has 1 saturated heterocycles. The van der Waals surface area contributed by atoms with Gasteiger partial charge in [-0.2, -0.15) is 0 Å². The largest absolute Gasteiger partial charge is 0.311 e. The minimum Gasteiger partial charge on any atom is -0.311 e. The maximum atomic E-state index is 13.9. The number of carbonyl (C=O) groups excluding carboxylic acids is 1. The van der Waals surface area contributed by atoms with E-state index in [-0.39, 0.29) is 23.1 Å². The van der Waals surface area contributed by atoms with E-state index in [9.17, 15) is 9.18 Å². The first-order chi connectivity index (χ1) is 11.6. The predicted molar refractivity (Wildman–Crippen MR) is 93.6 cm³/mol. The average Bonchev–Trinajstić information content (AvgIpc) is 2.83. The zero-order valence-electron chi connectivity index (χ0n) is 14.1. The quantitative estimate of drug-likeness (QED) is 0.793. The Morgan fingerprint density at radius 2 is 2.08 bits per heavy atom. The minimum atomic E-state index is -0.195. The second kappa shape index (κ2) is 5.99. The molecule has 1 aromatic carbocycles. The smallest absolute Gasteiger partial charge is 0.230 e. The van der Waals surface area contributed by atoms with E-state index in [4.69, 9.17) is 0 Å². The SMILES string of the molecule is C=CCN1CCC2(CC1)CN(C(=O)C1CCC1)c1ccc(F)cc12. The first-order valence-corrected chi connectivity index (χ1v) is 9.08. The third-order valence-electron chi connectivity index (χ3n) is 6.20. The van der Waals surface area contributed by atoms with Crippen LogP contribution in [0.3, 0.4) is 0 Å². The van der Waals surface area contributed by atoms with Crippen molar-refractivity contribution in [1.29, 1.82) is 0 Å². The summed E-state index contributed by atoms with van der Waals surface area (Å²) in [6, 6.07) is 4.98. The summed E-state index contributed by atoms with van der Waals surface area (Å²) in [6.45, 7) is 7.40. The van der Waals surface area contributed by atoms with Crippen LogP contribution in [-0.2, 0) is 10.2 Å². The fourth-order valence-electron chi connectivity index (χ4n) is 4.49. The highest BCUT2D eigenvalue weighted by molar-refractivity contribution is 5.98. The van der Waals surface area contributed by atoms with E-state index in [1.807, 2.05) is 17.0 Å². The number of likely N-dealkylation sites (tertiary alicyclic amines) is 1. The predicted octanol–water partition coefficient (Wildman–Crippen LogP) is 3.49. The number of amides is 1. The molecule has 0 aromatic heterocycles. The molecule has 0 atom stereocenters. The van der Waals surface area contributed by atoms with Crippen LogP contribution in [-0.4, -0.2) is 37.0 Å². The molecule has 0 unspecified atom stereocenters. The molecular weight excluding hydrogens is 303 g/mol. The fraction of sp³-hybridized carbons (Fsp3) is 0.550. The Morgan fingerprint density at radius 3 is 2.71 bits per heavy atom. The Kier molecular flexibility index (Phi) is 3.95. The zero-order chi connectivity index (χ0) is 16.7. The van der Waals surface area contributed by atoms with Gasteiger partial charge in [0.05, 0.1) is 0 Å². The summed E-state index contributed by atoms with van der Waals surface area (Å²) in [4.78, 5) is 17.2. The Morgan fingerprint density at radius 1 is 1.33 bits per heavy atom. The number of anilines is 1. The van der Waals surface area contributed by atoms with Crippen LogP contribution < -0.4 is 4.90 Å². The highest BCUT2D eigenvalue weighted by atomic mass is 19.1. The summed E-state index contributed by atoms with van der Waals surface area (Å²) in [5.74, 6) is 0.234. The molecule has 1 aliphatic carbocycles. The lowest BCUT2D eigenvalue weighted by atomic mass is 9.74. The second-order valence-electron chi connectivity index (χ2n) is 7.58. The van der Waals surface area contributed by atoms with E-state index in [1.54, 1.807) is 6.07 Å². The number of benzene rings is 1. The first-order valence-electron chi connectivity index (χ1n) is 9.08. The van der Waals surface area contributed by atoms with Crippen LogP contribution in [0, 0.1) is 11.7 Å². The summed E-state index contributed by atoms with van der Waals surface area (Å²) < 4.78 is 13.9. The maximum Gasteiger partial charge on any atom is 0.230 e. The summed E-state index contributed by atoms with van der Waals surface area (Å²) in [5, 5.41) is 0. The number of carbonyl (C=O) groups is 1. The van der Waals surface area contributed by atoms with Crippen molar-refractivity contribution < 1.29 is 9.18 Å². The lowest BCUT2D eigenvalue weighted by Gasteiger charge is -2.40. The number of nitrogens with zero attached hydrogens (tertiary/aromatic N) is 2. The van der Waals surface area contributed by atoms with E-state index < -0.39 is 0 Å². The van der Waals surface area contributed by atoms with E-state index in [0.29, 0.717) is 0 Å². The molecule has 2 aliphatic heterocycles. The average molecular weight is 328 g/mol. The van der Waals surface area contributed by atoms with Gasteiger partial charge >= 0.3 is 0 Å². The molecule has 1 aromatic rings. The van der Waals surface area contributed by atoms with Gasteiger partial charge in [0.2, 0.25) is 5.91 Å². The van der Waals surface area contributed by atoms with Gasteiger partial charge in [0.1, 0.15) is 5.82 Å². The van der Waals surface area contributed by atoms with Gasteiger partial charge in [0, 0.05) is 30.1 Å². The number of hydrogen-bond donors (Lipinski definition) is 0. The normalized spacial score (nSPS) is 23.1. The Balaban J connectivity index is 1.64. The molecule has 0 bridgehead atoms. The highest BCUT2D eigenvalue weighted by Gasteiger charge is 2.47. The van der Waals surface area contributed by atoms with Crippen molar-refractivity contribution >= 4 is 11.6 Å². The van der Waals surface area contributed by atoms with Crippen molar-refractivity contribution in [3.63, 3.8) is 0 Å². The van der Waals surface area contributed by atoms with Gasteiger partial charge in [0.25, 0.3) is 0 Å². The molecule has 1 spiro atoms. The molecule has 128 valence electrons. The van der Waals surface area contributed by atoms with Crippen molar-refractivity contribution in [2.45, 2.75) is 37.5 Å². The third-order valence-corrected chi connectivity index (χ3v) is 6.20. The zero-order valence-corrected chi connectivity index (χ0v) is 14.1. The lowest BCUT2D eigenvalue weighted by Crippen LogP contribution is -2.47. The van der Waals surface area contributed by atoms with E-state index in [2.05, 4.69) is 11.5 Å². The van der Waals surface area contributed by atoms with Crippen LogP contribution in [0.2, 0.25) is 0 Å².